The second-order valence-corrected chi connectivity index (χ2v) is 4.90. The first-order valence-electron chi connectivity index (χ1n) is 6.86. The number of allylic oxidation sites excluding steroid dienone is 1. The Balaban J connectivity index is 1.98. The fourth-order valence-electron chi connectivity index (χ4n) is 2.46. The molecular formula is C14H28N2. The molecule has 1 fully saturated rings. The predicted molar refractivity (Wildman–Crippen MR) is 71.8 cm³/mol. The third-order valence-electron chi connectivity index (χ3n) is 3.56. The van der Waals surface area contributed by atoms with Gasteiger partial charge in [0, 0.05) is 12.6 Å². The lowest BCUT2D eigenvalue weighted by Gasteiger charge is -2.31. The van der Waals surface area contributed by atoms with Crippen LogP contribution in [-0.2, 0) is 0 Å². The molecule has 0 heterocycles. The Bertz CT molecular complexity index is 183. The van der Waals surface area contributed by atoms with E-state index >= 15 is 0 Å². The van der Waals surface area contributed by atoms with Crippen molar-refractivity contribution in [2.24, 2.45) is 0 Å². The summed E-state index contributed by atoms with van der Waals surface area (Å²) in [4.78, 5) is 2.57. The highest BCUT2D eigenvalue weighted by Crippen LogP contribution is 2.21. The van der Waals surface area contributed by atoms with Crippen molar-refractivity contribution in [1.82, 2.24) is 10.2 Å². The molecule has 1 rings (SSSR count). The molecule has 2 nitrogen and oxygen atoms in total. The van der Waals surface area contributed by atoms with Gasteiger partial charge in [0.1, 0.15) is 0 Å². The number of hydrogen-bond acceptors (Lipinski definition) is 2. The zero-order valence-electron chi connectivity index (χ0n) is 11.0. The Morgan fingerprint density at radius 3 is 2.69 bits per heavy atom. The van der Waals surface area contributed by atoms with Crippen LogP contribution in [0.5, 0.6) is 0 Å². The van der Waals surface area contributed by atoms with E-state index in [9.17, 15) is 0 Å². The van der Waals surface area contributed by atoms with Crippen molar-refractivity contribution in [3.8, 4) is 0 Å². The molecule has 2 heteroatoms. The smallest absolute Gasteiger partial charge is 0.0134 e. The molecule has 1 saturated carbocycles. The van der Waals surface area contributed by atoms with Crippen LogP contribution < -0.4 is 5.32 Å². The van der Waals surface area contributed by atoms with E-state index in [1.165, 1.54) is 45.1 Å². The van der Waals surface area contributed by atoms with Crippen molar-refractivity contribution < 1.29 is 0 Å². The maximum Gasteiger partial charge on any atom is 0.0134 e. The van der Waals surface area contributed by atoms with Gasteiger partial charge >= 0.3 is 0 Å². The van der Waals surface area contributed by atoms with Crippen molar-refractivity contribution in [2.45, 2.75) is 51.5 Å². The van der Waals surface area contributed by atoms with Crippen LogP contribution in [0, 0.1) is 0 Å². The molecule has 0 aliphatic heterocycles. The van der Waals surface area contributed by atoms with Crippen LogP contribution in [-0.4, -0.2) is 37.6 Å². The number of rotatable bonds is 7. The van der Waals surface area contributed by atoms with Crippen LogP contribution >= 0.6 is 0 Å². The van der Waals surface area contributed by atoms with Gasteiger partial charge in [0.05, 0.1) is 0 Å². The highest BCUT2D eigenvalue weighted by Gasteiger charge is 2.16. The van der Waals surface area contributed by atoms with Crippen molar-refractivity contribution >= 4 is 0 Å². The maximum atomic E-state index is 3.43. The molecule has 0 bridgehead atoms. The van der Waals surface area contributed by atoms with Crippen molar-refractivity contribution in [1.29, 1.82) is 0 Å². The minimum atomic E-state index is 0.865. The number of nitrogens with one attached hydrogen (secondary N) is 1. The number of hydrogen-bond donors (Lipinski definition) is 1. The van der Waals surface area contributed by atoms with Crippen LogP contribution in [0.4, 0.5) is 0 Å². The second-order valence-electron chi connectivity index (χ2n) is 4.90. The molecule has 0 aromatic carbocycles. The summed E-state index contributed by atoms with van der Waals surface area (Å²) >= 11 is 0. The van der Waals surface area contributed by atoms with Gasteiger partial charge in [0.2, 0.25) is 0 Å². The molecule has 1 N–H and O–H groups in total. The summed E-state index contributed by atoms with van der Waals surface area (Å²) in [5.41, 5.74) is 0. The summed E-state index contributed by atoms with van der Waals surface area (Å²) in [6.45, 7) is 5.47. The minimum Gasteiger partial charge on any atom is -0.313 e. The largest absolute Gasteiger partial charge is 0.313 e. The molecule has 0 saturated heterocycles. The summed E-state index contributed by atoms with van der Waals surface area (Å²) in [7, 11) is 2.29. The van der Waals surface area contributed by atoms with Crippen LogP contribution in [0.25, 0.3) is 0 Å². The molecule has 0 atom stereocenters. The van der Waals surface area contributed by atoms with Gasteiger partial charge < -0.3 is 10.2 Å². The molecule has 0 aromatic heterocycles. The van der Waals surface area contributed by atoms with Gasteiger partial charge in [0.25, 0.3) is 0 Å². The van der Waals surface area contributed by atoms with E-state index in [4.69, 9.17) is 0 Å². The topological polar surface area (TPSA) is 15.3 Å². The molecule has 0 unspecified atom stereocenters. The zero-order valence-corrected chi connectivity index (χ0v) is 11.0. The zero-order chi connectivity index (χ0) is 11.6. The maximum absolute atomic E-state index is 3.43. The molecule has 1 aliphatic rings. The van der Waals surface area contributed by atoms with Gasteiger partial charge in [0.15, 0.2) is 0 Å². The Morgan fingerprint density at radius 1 is 1.25 bits per heavy atom. The first-order valence-corrected chi connectivity index (χ1v) is 6.86. The molecule has 0 amide bonds. The molecule has 0 spiro atoms. The normalized spacial score (nSPS) is 18.7. The first kappa shape index (κ1) is 13.7. The van der Waals surface area contributed by atoms with Gasteiger partial charge in [-0.1, -0.05) is 31.4 Å². The molecule has 0 aromatic rings. The van der Waals surface area contributed by atoms with Crippen molar-refractivity contribution in [3.63, 3.8) is 0 Å². The van der Waals surface area contributed by atoms with E-state index in [1.807, 2.05) is 0 Å². The minimum absolute atomic E-state index is 0.865. The fourth-order valence-corrected chi connectivity index (χ4v) is 2.46. The lowest BCUT2D eigenvalue weighted by atomic mass is 9.94. The molecule has 16 heavy (non-hydrogen) atoms. The summed E-state index contributed by atoms with van der Waals surface area (Å²) in [5.74, 6) is 0. The summed E-state index contributed by atoms with van der Waals surface area (Å²) < 4.78 is 0. The Kier molecular flexibility index (Phi) is 7.52. The van der Waals surface area contributed by atoms with E-state index in [1.54, 1.807) is 0 Å². The van der Waals surface area contributed by atoms with E-state index in [0.717, 1.165) is 19.1 Å². The third kappa shape index (κ3) is 5.66. The average molecular weight is 224 g/mol. The number of nitrogens with zero attached hydrogens (tertiary/aromatic N) is 1. The molecule has 0 radical (unpaired) electrons. The third-order valence-corrected chi connectivity index (χ3v) is 3.56. The molecular weight excluding hydrogens is 196 g/mol. The summed E-state index contributed by atoms with van der Waals surface area (Å²) in [6, 6.07) is 0.865. The quantitative estimate of drug-likeness (QED) is 0.528. The van der Waals surface area contributed by atoms with Crippen LogP contribution in [0.2, 0.25) is 0 Å². The van der Waals surface area contributed by atoms with Crippen molar-refractivity contribution in [2.75, 3.05) is 26.7 Å². The van der Waals surface area contributed by atoms with Gasteiger partial charge in [-0.15, -0.1) is 0 Å². The van der Waals surface area contributed by atoms with E-state index < -0.39 is 0 Å². The van der Waals surface area contributed by atoms with Crippen LogP contribution in [0.1, 0.15) is 45.4 Å². The SMILES string of the molecule is C/C=C/CNCCCN(C)C1CCCCC1. The van der Waals surface area contributed by atoms with Crippen molar-refractivity contribution in [3.05, 3.63) is 12.2 Å². The summed E-state index contributed by atoms with van der Waals surface area (Å²) in [5, 5.41) is 3.43. The lowest BCUT2D eigenvalue weighted by Crippen LogP contribution is -2.35. The lowest BCUT2D eigenvalue weighted by molar-refractivity contribution is 0.190. The Morgan fingerprint density at radius 2 is 2.00 bits per heavy atom. The standard InChI is InChI=1S/C14H28N2/c1-3-4-11-15-12-8-13-16(2)14-9-6-5-7-10-14/h3-4,14-15H,5-13H2,1-2H3/b4-3+. The Labute approximate surface area is 101 Å². The highest BCUT2D eigenvalue weighted by molar-refractivity contribution is 4.79. The first-order chi connectivity index (χ1) is 7.84. The molecule has 1 aliphatic carbocycles. The monoisotopic (exact) mass is 224 g/mol. The van der Waals surface area contributed by atoms with Gasteiger partial charge in [-0.2, -0.15) is 0 Å². The second kappa shape index (κ2) is 8.77. The molecule has 94 valence electrons. The summed E-state index contributed by atoms with van der Waals surface area (Å²) in [6.07, 6.45) is 12.7. The van der Waals surface area contributed by atoms with Gasteiger partial charge in [-0.3, -0.25) is 0 Å². The van der Waals surface area contributed by atoms with E-state index in [2.05, 4.69) is 36.3 Å². The van der Waals surface area contributed by atoms with Gasteiger partial charge in [-0.05, 0) is 46.3 Å². The Hall–Kier alpha value is -0.340. The van der Waals surface area contributed by atoms with Crippen LogP contribution in [0.15, 0.2) is 12.2 Å². The van der Waals surface area contributed by atoms with Crippen LogP contribution in [0.3, 0.4) is 0 Å². The van der Waals surface area contributed by atoms with E-state index in [0.29, 0.717) is 0 Å². The fraction of sp³-hybridized carbons (Fsp3) is 0.857. The highest BCUT2D eigenvalue weighted by atomic mass is 15.1. The predicted octanol–water partition coefficient (Wildman–Crippen LogP) is 2.81. The average Bonchev–Trinajstić information content (AvgIpc) is 2.34. The van der Waals surface area contributed by atoms with Gasteiger partial charge in [-0.25, -0.2) is 0 Å². The van der Waals surface area contributed by atoms with E-state index in [-0.39, 0.29) is 0 Å².